The molecule has 5 nitrogen and oxygen atoms in total. The van der Waals surface area contributed by atoms with E-state index in [0.29, 0.717) is 13.2 Å². The molecule has 0 radical (unpaired) electrons. The number of ether oxygens (including phenoxy) is 1. The lowest BCUT2D eigenvalue weighted by Crippen LogP contribution is -2.40. The maximum atomic E-state index is 12.6. The lowest BCUT2D eigenvalue weighted by molar-refractivity contribution is 0.0652. The standard InChI is InChI=1S/C20H31N3O2/c1-15(2)25-14-19-6-4-3-5-16(19)13-22-20(24)23-9-7-17-11-21-12-18(17)8-10-23/h3-6,15,17-18,21H,7-14H2,1-2H3,(H,22,24)/t17-,18+. The monoisotopic (exact) mass is 345 g/mol. The van der Waals surface area contributed by atoms with Gasteiger partial charge < -0.3 is 20.3 Å². The summed E-state index contributed by atoms with van der Waals surface area (Å²) in [5.74, 6) is 1.48. The predicted octanol–water partition coefficient (Wildman–Crippen LogP) is 2.75. The van der Waals surface area contributed by atoms with Crippen molar-refractivity contribution in [2.24, 2.45) is 11.8 Å². The van der Waals surface area contributed by atoms with Crippen molar-refractivity contribution in [3.8, 4) is 0 Å². The van der Waals surface area contributed by atoms with Gasteiger partial charge in [-0.05, 0) is 62.7 Å². The number of rotatable bonds is 5. The van der Waals surface area contributed by atoms with E-state index in [9.17, 15) is 4.79 Å². The topological polar surface area (TPSA) is 53.6 Å². The fourth-order valence-electron chi connectivity index (χ4n) is 3.83. The predicted molar refractivity (Wildman–Crippen MR) is 99.3 cm³/mol. The summed E-state index contributed by atoms with van der Waals surface area (Å²) in [4.78, 5) is 14.6. The van der Waals surface area contributed by atoms with E-state index in [4.69, 9.17) is 4.74 Å². The molecule has 1 aromatic carbocycles. The highest BCUT2D eigenvalue weighted by molar-refractivity contribution is 5.74. The van der Waals surface area contributed by atoms with Gasteiger partial charge in [0.25, 0.3) is 0 Å². The van der Waals surface area contributed by atoms with Crippen LogP contribution in [0.4, 0.5) is 4.79 Å². The Kier molecular flexibility index (Phi) is 6.32. The lowest BCUT2D eigenvalue weighted by atomic mass is 9.92. The van der Waals surface area contributed by atoms with Gasteiger partial charge in [-0.2, -0.15) is 0 Å². The highest BCUT2D eigenvalue weighted by Crippen LogP contribution is 2.27. The van der Waals surface area contributed by atoms with Crippen molar-refractivity contribution in [2.75, 3.05) is 26.2 Å². The van der Waals surface area contributed by atoms with Crippen molar-refractivity contribution in [1.29, 1.82) is 0 Å². The van der Waals surface area contributed by atoms with E-state index < -0.39 is 0 Å². The van der Waals surface area contributed by atoms with E-state index in [1.807, 2.05) is 30.9 Å². The average Bonchev–Trinajstić information content (AvgIpc) is 2.96. The molecule has 0 aromatic heterocycles. The molecule has 0 aliphatic carbocycles. The van der Waals surface area contributed by atoms with Crippen LogP contribution in [-0.2, 0) is 17.9 Å². The second kappa shape index (κ2) is 8.68. The second-order valence-electron chi connectivity index (χ2n) is 7.53. The first-order valence-electron chi connectivity index (χ1n) is 9.55. The first kappa shape index (κ1) is 18.2. The molecule has 1 aromatic rings. The molecule has 0 spiro atoms. The Morgan fingerprint density at radius 1 is 1.20 bits per heavy atom. The number of nitrogens with one attached hydrogen (secondary N) is 2. The SMILES string of the molecule is CC(C)OCc1ccccc1CNC(=O)N1CC[C@@H]2CNC[C@@H]2CC1. The molecule has 25 heavy (non-hydrogen) atoms. The number of carbonyl (C=O) groups is 1. The summed E-state index contributed by atoms with van der Waals surface area (Å²) in [6, 6.07) is 8.24. The van der Waals surface area contributed by atoms with Crippen LogP contribution >= 0.6 is 0 Å². The third kappa shape index (κ3) is 4.95. The Hall–Kier alpha value is -1.59. The number of hydrogen-bond donors (Lipinski definition) is 2. The quantitative estimate of drug-likeness (QED) is 0.863. The molecule has 138 valence electrons. The van der Waals surface area contributed by atoms with E-state index in [0.717, 1.165) is 62.0 Å². The Bertz CT molecular complexity index is 562. The van der Waals surface area contributed by atoms with Crippen molar-refractivity contribution in [3.63, 3.8) is 0 Å². The molecule has 0 bridgehead atoms. The number of benzene rings is 1. The fourth-order valence-corrected chi connectivity index (χ4v) is 3.83. The molecule has 0 saturated carbocycles. The summed E-state index contributed by atoms with van der Waals surface area (Å²) < 4.78 is 5.72. The first-order chi connectivity index (χ1) is 12.1. The van der Waals surface area contributed by atoms with E-state index in [2.05, 4.69) is 22.8 Å². The molecule has 3 rings (SSSR count). The third-order valence-corrected chi connectivity index (χ3v) is 5.43. The van der Waals surface area contributed by atoms with Gasteiger partial charge in [0.15, 0.2) is 0 Å². The van der Waals surface area contributed by atoms with Crippen LogP contribution in [0.5, 0.6) is 0 Å². The zero-order chi connectivity index (χ0) is 17.6. The van der Waals surface area contributed by atoms with Crippen molar-refractivity contribution < 1.29 is 9.53 Å². The van der Waals surface area contributed by atoms with Crippen LogP contribution in [-0.4, -0.2) is 43.2 Å². The molecule has 2 amide bonds. The van der Waals surface area contributed by atoms with Gasteiger partial charge in [-0.1, -0.05) is 24.3 Å². The van der Waals surface area contributed by atoms with Crippen LogP contribution in [0.15, 0.2) is 24.3 Å². The second-order valence-corrected chi connectivity index (χ2v) is 7.53. The molecule has 2 atom stereocenters. The van der Waals surface area contributed by atoms with Gasteiger partial charge in [-0.3, -0.25) is 0 Å². The Balaban J connectivity index is 1.52. The van der Waals surface area contributed by atoms with E-state index >= 15 is 0 Å². The highest BCUT2D eigenvalue weighted by Gasteiger charge is 2.31. The third-order valence-electron chi connectivity index (χ3n) is 5.43. The molecule has 5 heteroatoms. The van der Waals surface area contributed by atoms with Crippen molar-refractivity contribution in [1.82, 2.24) is 15.5 Å². The van der Waals surface area contributed by atoms with Gasteiger partial charge in [0.05, 0.1) is 12.7 Å². The van der Waals surface area contributed by atoms with Crippen molar-refractivity contribution >= 4 is 6.03 Å². The number of urea groups is 1. The lowest BCUT2D eigenvalue weighted by Gasteiger charge is -2.22. The minimum atomic E-state index is 0.0625. The smallest absolute Gasteiger partial charge is 0.317 e. The average molecular weight is 345 g/mol. The summed E-state index contributed by atoms with van der Waals surface area (Å²) in [6.45, 7) is 9.18. The summed E-state index contributed by atoms with van der Waals surface area (Å²) in [5, 5.41) is 6.58. The zero-order valence-corrected chi connectivity index (χ0v) is 15.5. The van der Waals surface area contributed by atoms with Gasteiger partial charge in [0.2, 0.25) is 0 Å². The Morgan fingerprint density at radius 2 is 1.84 bits per heavy atom. The number of fused-ring (bicyclic) bond motifs is 1. The summed E-state index contributed by atoms with van der Waals surface area (Å²) >= 11 is 0. The van der Waals surface area contributed by atoms with Crippen molar-refractivity contribution in [3.05, 3.63) is 35.4 Å². The Morgan fingerprint density at radius 3 is 2.48 bits per heavy atom. The molecular formula is C20H31N3O2. The number of nitrogens with zero attached hydrogens (tertiary/aromatic N) is 1. The normalized spacial score (nSPS) is 23.4. The number of carbonyl (C=O) groups excluding carboxylic acids is 1. The van der Waals surface area contributed by atoms with E-state index in [-0.39, 0.29) is 12.1 Å². The van der Waals surface area contributed by atoms with Crippen LogP contribution in [0.25, 0.3) is 0 Å². The van der Waals surface area contributed by atoms with Crippen molar-refractivity contribution in [2.45, 2.75) is 45.9 Å². The largest absolute Gasteiger partial charge is 0.374 e. The van der Waals surface area contributed by atoms with Crippen LogP contribution in [0, 0.1) is 11.8 Å². The first-order valence-corrected chi connectivity index (χ1v) is 9.55. The summed E-state index contributed by atoms with van der Waals surface area (Å²) in [7, 11) is 0. The maximum Gasteiger partial charge on any atom is 0.317 e. The molecule has 2 aliphatic rings. The van der Waals surface area contributed by atoms with Gasteiger partial charge in [-0.15, -0.1) is 0 Å². The highest BCUT2D eigenvalue weighted by atomic mass is 16.5. The molecule has 2 heterocycles. The Labute approximate surface area is 151 Å². The molecular weight excluding hydrogens is 314 g/mol. The number of amides is 2. The molecule has 2 aliphatic heterocycles. The van der Waals surface area contributed by atoms with Gasteiger partial charge in [0, 0.05) is 19.6 Å². The van der Waals surface area contributed by atoms with Gasteiger partial charge in [-0.25, -0.2) is 4.79 Å². The molecule has 0 unspecified atom stereocenters. The van der Waals surface area contributed by atoms with Crippen LogP contribution in [0.2, 0.25) is 0 Å². The number of hydrogen-bond acceptors (Lipinski definition) is 3. The molecule has 2 saturated heterocycles. The molecule has 2 fully saturated rings. The van der Waals surface area contributed by atoms with E-state index in [1.54, 1.807) is 0 Å². The fraction of sp³-hybridized carbons (Fsp3) is 0.650. The minimum absolute atomic E-state index is 0.0625. The number of likely N-dealkylation sites (tertiary alicyclic amines) is 1. The summed E-state index contributed by atoms with van der Waals surface area (Å²) in [5.41, 5.74) is 2.28. The van der Waals surface area contributed by atoms with Gasteiger partial charge in [0.1, 0.15) is 0 Å². The van der Waals surface area contributed by atoms with Crippen LogP contribution in [0.1, 0.15) is 37.8 Å². The van der Waals surface area contributed by atoms with Crippen LogP contribution < -0.4 is 10.6 Å². The van der Waals surface area contributed by atoms with E-state index in [1.165, 1.54) is 0 Å². The minimum Gasteiger partial charge on any atom is -0.374 e. The van der Waals surface area contributed by atoms with Crippen LogP contribution in [0.3, 0.4) is 0 Å². The maximum absolute atomic E-state index is 12.6. The zero-order valence-electron chi connectivity index (χ0n) is 15.5. The summed E-state index contributed by atoms with van der Waals surface area (Å²) in [6.07, 6.45) is 2.43. The molecule has 2 N–H and O–H groups in total. The van der Waals surface area contributed by atoms with Gasteiger partial charge >= 0.3 is 6.03 Å².